The highest BCUT2D eigenvalue weighted by atomic mass is 16.2. The molecular formula is C26H32N4O. The number of anilines is 1. The van der Waals surface area contributed by atoms with Crippen LogP contribution in [-0.4, -0.2) is 40.0 Å². The number of aromatic nitrogens is 2. The largest absolute Gasteiger partial charge is 0.325 e. The molecule has 2 aromatic carbocycles. The average molecular weight is 417 g/mol. The molecule has 5 nitrogen and oxygen atoms in total. The van der Waals surface area contributed by atoms with Crippen molar-refractivity contribution in [3.8, 4) is 0 Å². The summed E-state index contributed by atoms with van der Waals surface area (Å²) in [6.45, 7) is 8.48. The van der Waals surface area contributed by atoms with Crippen LogP contribution >= 0.6 is 0 Å². The van der Waals surface area contributed by atoms with Crippen LogP contribution in [0.5, 0.6) is 0 Å². The molecule has 0 spiro atoms. The van der Waals surface area contributed by atoms with Crippen molar-refractivity contribution in [3.05, 3.63) is 59.9 Å². The Kier molecular flexibility index (Phi) is 5.53. The van der Waals surface area contributed by atoms with Crippen molar-refractivity contribution in [3.63, 3.8) is 0 Å². The van der Waals surface area contributed by atoms with Crippen molar-refractivity contribution in [2.45, 2.75) is 58.0 Å². The Labute approximate surface area is 184 Å². The zero-order valence-electron chi connectivity index (χ0n) is 18.6. The molecule has 0 saturated carbocycles. The van der Waals surface area contributed by atoms with Crippen molar-refractivity contribution >= 4 is 22.6 Å². The fourth-order valence-corrected chi connectivity index (χ4v) is 5.26. The van der Waals surface area contributed by atoms with Gasteiger partial charge in [-0.05, 0) is 69.5 Å². The van der Waals surface area contributed by atoms with Crippen LogP contribution in [0.1, 0.15) is 62.9 Å². The molecule has 0 N–H and O–H groups in total. The maximum Gasteiger partial charge on any atom is 0.227 e. The molecule has 1 unspecified atom stereocenters. The maximum absolute atomic E-state index is 12.0. The van der Waals surface area contributed by atoms with Crippen molar-refractivity contribution < 1.29 is 4.79 Å². The van der Waals surface area contributed by atoms with E-state index in [4.69, 9.17) is 4.98 Å². The van der Waals surface area contributed by atoms with Gasteiger partial charge in [-0.25, -0.2) is 4.98 Å². The Morgan fingerprint density at radius 2 is 1.84 bits per heavy atom. The number of rotatable bonds is 5. The van der Waals surface area contributed by atoms with E-state index < -0.39 is 0 Å². The first-order chi connectivity index (χ1) is 15.1. The van der Waals surface area contributed by atoms with Crippen LogP contribution in [0.25, 0.3) is 11.0 Å². The van der Waals surface area contributed by atoms with Gasteiger partial charge in [0.15, 0.2) is 0 Å². The molecule has 2 aliphatic rings. The molecule has 2 saturated heterocycles. The number of hydrogen-bond donors (Lipinski definition) is 0. The summed E-state index contributed by atoms with van der Waals surface area (Å²) >= 11 is 0. The minimum Gasteiger partial charge on any atom is -0.325 e. The van der Waals surface area contributed by atoms with Gasteiger partial charge in [-0.1, -0.05) is 24.3 Å². The third-order valence-electron chi connectivity index (χ3n) is 6.74. The van der Waals surface area contributed by atoms with Crippen LogP contribution < -0.4 is 4.90 Å². The number of benzene rings is 2. The van der Waals surface area contributed by atoms with Crippen LogP contribution in [-0.2, 0) is 11.3 Å². The Morgan fingerprint density at radius 1 is 1.03 bits per heavy atom. The normalized spacial score (nSPS) is 20.3. The number of imidazole rings is 1. The summed E-state index contributed by atoms with van der Waals surface area (Å²) in [6.07, 6.45) is 4.05. The summed E-state index contributed by atoms with van der Waals surface area (Å²) in [4.78, 5) is 21.5. The molecule has 0 aliphatic carbocycles. The van der Waals surface area contributed by atoms with Crippen LogP contribution in [0.15, 0.2) is 48.5 Å². The third-order valence-corrected chi connectivity index (χ3v) is 6.74. The smallest absolute Gasteiger partial charge is 0.227 e. The summed E-state index contributed by atoms with van der Waals surface area (Å²) in [5, 5.41) is 0. The van der Waals surface area contributed by atoms with Gasteiger partial charge >= 0.3 is 0 Å². The van der Waals surface area contributed by atoms with Crippen LogP contribution in [0.3, 0.4) is 0 Å². The molecule has 1 aromatic heterocycles. The minimum absolute atomic E-state index is 0.250. The number of para-hydroxylation sites is 2. The highest BCUT2D eigenvalue weighted by Gasteiger charge is 2.27. The van der Waals surface area contributed by atoms with Crippen molar-refractivity contribution in [2.75, 3.05) is 24.5 Å². The predicted octanol–water partition coefficient (Wildman–Crippen LogP) is 5.12. The van der Waals surface area contributed by atoms with E-state index in [0.29, 0.717) is 18.4 Å². The van der Waals surface area contributed by atoms with E-state index in [1.54, 1.807) is 0 Å². The lowest BCUT2D eigenvalue weighted by atomic mass is 9.96. The highest BCUT2D eigenvalue weighted by Crippen LogP contribution is 2.32. The maximum atomic E-state index is 12.0. The first-order valence-corrected chi connectivity index (χ1v) is 11.7. The molecule has 1 atom stereocenters. The van der Waals surface area contributed by atoms with Gasteiger partial charge in [0.25, 0.3) is 0 Å². The second-order valence-corrected chi connectivity index (χ2v) is 9.31. The van der Waals surface area contributed by atoms with Crippen molar-refractivity contribution in [1.82, 2.24) is 14.5 Å². The monoisotopic (exact) mass is 416 g/mol. The zero-order chi connectivity index (χ0) is 21.4. The van der Waals surface area contributed by atoms with Gasteiger partial charge in [0.1, 0.15) is 5.82 Å². The Bertz CT molecular complexity index is 1070. The molecule has 5 heteroatoms. The second kappa shape index (κ2) is 8.46. The van der Waals surface area contributed by atoms with Gasteiger partial charge in [0.2, 0.25) is 5.91 Å². The summed E-state index contributed by atoms with van der Waals surface area (Å²) in [5.41, 5.74) is 4.70. The van der Waals surface area contributed by atoms with E-state index in [2.05, 4.69) is 71.8 Å². The third kappa shape index (κ3) is 3.99. The summed E-state index contributed by atoms with van der Waals surface area (Å²) in [6, 6.07) is 17.5. The fraction of sp³-hybridized carbons (Fsp3) is 0.462. The molecule has 2 fully saturated rings. The predicted molar refractivity (Wildman–Crippen MR) is 125 cm³/mol. The molecule has 162 valence electrons. The summed E-state index contributed by atoms with van der Waals surface area (Å²) in [7, 11) is 0. The first-order valence-electron chi connectivity index (χ1n) is 11.7. The van der Waals surface area contributed by atoms with Gasteiger partial charge < -0.3 is 9.47 Å². The molecule has 1 amide bonds. The number of nitrogens with zero attached hydrogens (tertiary/aromatic N) is 4. The zero-order valence-corrected chi connectivity index (χ0v) is 18.6. The highest BCUT2D eigenvalue weighted by molar-refractivity contribution is 5.95. The SMILES string of the molecule is CC(C)n1c(C2CCCN(Cc3ccc(N4CCCC4=O)cc3)C2)nc2ccccc21. The van der Waals surface area contributed by atoms with Crippen LogP contribution in [0.4, 0.5) is 5.69 Å². The van der Waals surface area contributed by atoms with E-state index in [1.807, 2.05) is 4.90 Å². The van der Waals surface area contributed by atoms with E-state index in [0.717, 1.165) is 43.8 Å². The molecule has 3 aromatic rings. The fourth-order valence-electron chi connectivity index (χ4n) is 5.26. The number of likely N-dealkylation sites (tertiary alicyclic amines) is 1. The summed E-state index contributed by atoms with van der Waals surface area (Å²) in [5.74, 6) is 1.95. The minimum atomic E-state index is 0.250. The number of piperidine rings is 1. The van der Waals surface area contributed by atoms with E-state index in [1.165, 1.54) is 29.7 Å². The second-order valence-electron chi connectivity index (χ2n) is 9.31. The number of carbonyl (C=O) groups is 1. The van der Waals surface area contributed by atoms with Gasteiger partial charge in [0, 0.05) is 43.7 Å². The number of hydrogen-bond acceptors (Lipinski definition) is 3. The van der Waals surface area contributed by atoms with Crippen molar-refractivity contribution in [2.24, 2.45) is 0 Å². The van der Waals surface area contributed by atoms with Crippen LogP contribution in [0, 0.1) is 0 Å². The summed E-state index contributed by atoms with van der Waals surface area (Å²) < 4.78 is 2.44. The number of amides is 1. The molecule has 0 bridgehead atoms. The standard InChI is InChI=1S/C26H32N4O/c1-19(2)30-24-9-4-3-8-23(24)27-26(30)21-7-5-15-28(18-21)17-20-11-13-22(14-12-20)29-16-6-10-25(29)31/h3-4,8-9,11-14,19,21H,5-7,10,15-18H2,1-2H3. The van der Waals surface area contributed by atoms with E-state index in [9.17, 15) is 4.79 Å². The van der Waals surface area contributed by atoms with Gasteiger partial charge in [0.05, 0.1) is 11.0 Å². The molecule has 0 radical (unpaired) electrons. The van der Waals surface area contributed by atoms with Crippen molar-refractivity contribution in [1.29, 1.82) is 0 Å². The van der Waals surface area contributed by atoms with Crippen LogP contribution in [0.2, 0.25) is 0 Å². The van der Waals surface area contributed by atoms with Gasteiger partial charge in [-0.2, -0.15) is 0 Å². The van der Waals surface area contributed by atoms with Gasteiger partial charge in [-0.15, -0.1) is 0 Å². The molecule has 2 aliphatic heterocycles. The Hall–Kier alpha value is -2.66. The first kappa shape index (κ1) is 20.3. The van der Waals surface area contributed by atoms with E-state index in [-0.39, 0.29) is 5.91 Å². The lowest BCUT2D eigenvalue weighted by Crippen LogP contribution is -2.35. The average Bonchev–Trinajstić information content (AvgIpc) is 3.38. The topological polar surface area (TPSA) is 41.4 Å². The lowest BCUT2D eigenvalue weighted by molar-refractivity contribution is -0.117. The lowest BCUT2D eigenvalue weighted by Gasteiger charge is -2.33. The molecule has 3 heterocycles. The van der Waals surface area contributed by atoms with Gasteiger partial charge in [-0.3, -0.25) is 9.69 Å². The Morgan fingerprint density at radius 3 is 2.58 bits per heavy atom. The molecule has 31 heavy (non-hydrogen) atoms. The van der Waals surface area contributed by atoms with E-state index >= 15 is 0 Å². The molecule has 5 rings (SSSR count). The Balaban J connectivity index is 1.32. The number of carbonyl (C=O) groups excluding carboxylic acids is 1. The molecular weight excluding hydrogens is 384 g/mol. The number of fused-ring (bicyclic) bond motifs is 1. The quantitative estimate of drug-likeness (QED) is 0.579.